The smallest absolute Gasteiger partial charge is 0.138 e. The highest BCUT2D eigenvalue weighted by Gasteiger charge is 2.21. The number of phenols is 2. The average molecular weight is 356 g/mol. The minimum absolute atomic E-state index is 0.130. The molecule has 0 bridgehead atoms. The normalized spacial score (nSPS) is 12.3. The van der Waals surface area contributed by atoms with Gasteiger partial charge in [0.25, 0.3) is 0 Å². The number of fused-ring (bicyclic) bond motifs is 3. The molecule has 0 saturated carbocycles. The molecule has 4 rings (SSSR count). The van der Waals surface area contributed by atoms with Crippen LogP contribution < -0.4 is 9.83 Å². The van der Waals surface area contributed by atoms with Crippen LogP contribution in [0.15, 0.2) is 60.7 Å². The van der Waals surface area contributed by atoms with Crippen LogP contribution in [0.4, 0.5) is 0 Å². The molecular formula is C18H14O4P2. The van der Waals surface area contributed by atoms with Crippen LogP contribution in [0.5, 0.6) is 17.2 Å². The number of phenolic OH excluding ortho intramolecular Hbond substituents is 2. The van der Waals surface area contributed by atoms with E-state index in [1.54, 1.807) is 15.2 Å². The molecule has 120 valence electrons. The molecule has 1 aliphatic heterocycles. The molecule has 0 amide bonds. The van der Waals surface area contributed by atoms with Gasteiger partial charge in [0.05, 0.1) is 0 Å². The van der Waals surface area contributed by atoms with Crippen molar-refractivity contribution in [2.45, 2.75) is 0 Å². The first-order chi connectivity index (χ1) is 11.7. The number of aromatic hydroxyl groups is 2. The van der Waals surface area contributed by atoms with Gasteiger partial charge in [-0.05, 0) is 35.4 Å². The van der Waals surface area contributed by atoms with E-state index < -0.39 is 0 Å². The highest BCUT2D eigenvalue weighted by molar-refractivity contribution is 7.43. The van der Waals surface area contributed by atoms with Gasteiger partial charge in [-0.3, -0.25) is 4.57 Å². The van der Waals surface area contributed by atoms with Crippen LogP contribution in [0.3, 0.4) is 0 Å². The molecule has 0 fully saturated rings. The summed E-state index contributed by atoms with van der Waals surface area (Å²) in [6.45, 7) is 0. The Morgan fingerprint density at radius 1 is 0.792 bits per heavy atom. The molecule has 0 radical (unpaired) electrons. The first-order valence-corrected chi connectivity index (χ1v) is 8.44. The fraction of sp³-hybridized carbons (Fsp3) is 0. The Morgan fingerprint density at radius 2 is 1.46 bits per heavy atom. The van der Waals surface area contributed by atoms with Gasteiger partial charge in [0.2, 0.25) is 0 Å². The van der Waals surface area contributed by atoms with Crippen molar-refractivity contribution in [1.82, 2.24) is 0 Å². The molecule has 2 N–H and O–H groups in total. The van der Waals surface area contributed by atoms with Gasteiger partial charge in [0, 0.05) is 16.4 Å². The van der Waals surface area contributed by atoms with E-state index in [0.717, 1.165) is 27.7 Å². The molecule has 0 aliphatic carbocycles. The number of hydrogen-bond donors (Lipinski definition) is 2. The van der Waals surface area contributed by atoms with E-state index in [1.807, 2.05) is 36.4 Å². The Hall–Kier alpha value is -2.41. The van der Waals surface area contributed by atoms with Crippen LogP contribution in [0.25, 0.3) is 22.3 Å². The third-order valence-electron chi connectivity index (χ3n) is 3.78. The molecule has 1 unspecified atom stereocenters. The van der Waals surface area contributed by atoms with Gasteiger partial charge in [-0.25, -0.2) is 0 Å². The van der Waals surface area contributed by atoms with E-state index in [-0.39, 0.29) is 20.3 Å². The highest BCUT2D eigenvalue weighted by atomic mass is 31.1. The van der Waals surface area contributed by atoms with Crippen molar-refractivity contribution in [3.8, 4) is 39.5 Å². The molecule has 3 aromatic rings. The Kier molecular flexibility index (Phi) is 4.80. The molecule has 24 heavy (non-hydrogen) atoms. The lowest BCUT2D eigenvalue weighted by atomic mass is 9.97. The van der Waals surface area contributed by atoms with Crippen LogP contribution >= 0.6 is 17.9 Å². The zero-order valence-electron chi connectivity index (χ0n) is 12.5. The summed E-state index contributed by atoms with van der Waals surface area (Å²) >= 11 is 0. The minimum atomic E-state index is 0.130. The van der Waals surface area contributed by atoms with Crippen molar-refractivity contribution in [1.29, 1.82) is 0 Å². The van der Waals surface area contributed by atoms with E-state index in [0.29, 0.717) is 5.56 Å². The predicted octanol–water partition coefficient (Wildman–Crippen LogP) is 4.52. The molecule has 0 saturated heterocycles. The Balaban J connectivity index is 0.000000815. The Bertz CT molecular complexity index is 896. The lowest BCUT2D eigenvalue weighted by Gasteiger charge is -2.23. The van der Waals surface area contributed by atoms with Crippen molar-refractivity contribution in [2.75, 3.05) is 0 Å². The van der Waals surface area contributed by atoms with Crippen LogP contribution in [0, 0.1) is 0 Å². The summed E-state index contributed by atoms with van der Waals surface area (Å²) in [5, 5.41) is 20.9. The van der Waals surface area contributed by atoms with Crippen LogP contribution in [0.2, 0.25) is 0 Å². The monoisotopic (exact) mass is 356 g/mol. The maximum atomic E-state index is 10.1. The van der Waals surface area contributed by atoms with E-state index in [1.165, 1.54) is 12.1 Å². The molecule has 1 atom stereocenters. The van der Waals surface area contributed by atoms with Gasteiger partial charge < -0.3 is 14.7 Å². The second-order valence-corrected chi connectivity index (χ2v) is 6.04. The fourth-order valence-electron chi connectivity index (χ4n) is 2.74. The summed E-state index contributed by atoms with van der Waals surface area (Å²) in [6.07, 6.45) is 0. The van der Waals surface area contributed by atoms with Crippen LogP contribution in [-0.2, 0) is 4.57 Å². The van der Waals surface area contributed by atoms with E-state index in [4.69, 9.17) is 9.09 Å². The number of benzene rings is 3. The quantitative estimate of drug-likeness (QED) is 0.497. The Labute approximate surface area is 143 Å². The maximum absolute atomic E-state index is 10.1. The van der Waals surface area contributed by atoms with Crippen molar-refractivity contribution >= 4 is 23.2 Å². The largest absolute Gasteiger partial charge is 0.508 e. The van der Waals surface area contributed by atoms with Gasteiger partial charge in [0.15, 0.2) is 0 Å². The average Bonchev–Trinajstić information content (AvgIpc) is 2.65. The second kappa shape index (κ2) is 7.00. The number of para-hydroxylation sites is 1. The van der Waals surface area contributed by atoms with Crippen LogP contribution in [-0.4, -0.2) is 10.2 Å². The topological polar surface area (TPSA) is 66.8 Å². The summed E-state index contributed by atoms with van der Waals surface area (Å²) in [5.74, 6) is 1.16. The second-order valence-electron chi connectivity index (χ2n) is 5.13. The van der Waals surface area contributed by atoms with E-state index in [2.05, 4.69) is 6.07 Å². The molecule has 3 aromatic carbocycles. The van der Waals surface area contributed by atoms with Gasteiger partial charge in [-0.15, -0.1) is 0 Å². The SMILES string of the molecule is O=P.Oc1ccc(O)c(-c2cccc3c2POc2ccccc2-3)c1. The first-order valence-electron chi connectivity index (χ1n) is 7.12. The molecule has 1 aliphatic rings. The van der Waals surface area contributed by atoms with Gasteiger partial charge in [0.1, 0.15) is 35.2 Å². The van der Waals surface area contributed by atoms with Gasteiger partial charge >= 0.3 is 0 Å². The van der Waals surface area contributed by atoms with Crippen molar-refractivity contribution in [3.63, 3.8) is 0 Å². The zero-order valence-corrected chi connectivity index (χ0v) is 14.5. The lowest BCUT2D eigenvalue weighted by Crippen LogP contribution is -2.11. The third kappa shape index (κ3) is 2.87. The summed E-state index contributed by atoms with van der Waals surface area (Å²) in [5.41, 5.74) is 3.67. The van der Waals surface area contributed by atoms with Crippen molar-refractivity contribution < 1.29 is 19.3 Å². The minimum Gasteiger partial charge on any atom is -0.508 e. The summed E-state index contributed by atoms with van der Waals surface area (Å²) in [6, 6.07) is 18.5. The zero-order chi connectivity index (χ0) is 17.1. The third-order valence-corrected chi connectivity index (χ3v) is 4.84. The summed E-state index contributed by atoms with van der Waals surface area (Å²) in [7, 11) is 1.89. The number of hydrogen-bond acceptors (Lipinski definition) is 4. The first kappa shape index (κ1) is 16.4. The molecular weight excluding hydrogens is 342 g/mol. The maximum Gasteiger partial charge on any atom is 0.138 e. The van der Waals surface area contributed by atoms with Crippen LogP contribution in [0.1, 0.15) is 0 Å². The molecule has 6 heteroatoms. The number of rotatable bonds is 1. The molecule has 1 heterocycles. The summed E-state index contributed by atoms with van der Waals surface area (Å²) < 4.78 is 13.9. The molecule has 0 spiro atoms. The molecule has 0 aromatic heterocycles. The fourth-order valence-corrected chi connectivity index (χ4v) is 3.78. The summed E-state index contributed by atoms with van der Waals surface area (Å²) in [4.78, 5) is 0. The van der Waals surface area contributed by atoms with Crippen molar-refractivity contribution in [2.24, 2.45) is 0 Å². The lowest BCUT2D eigenvalue weighted by molar-refractivity contribution is 0.462. The van der Waals surface area contributed by atoms with E-state index in [9.17, 15) is 10.2 Å². The predicted molar refractivity (Wildman–Crippen MR) is 98.2 cm³/mol. The Morgan fingerprint density at radius 3 is 2.25 bits per heavy atom. The van der Waals surface area contributed by atoms with Gasteiger partial charge in [-0.1, -0.05) is 36.4 Å². The standard InChI is InChI=1S/C18H13O3P.HOP/c19-11-8-9-16(20)15(10-11)14-6-3-5-13-12-4-1-2-7-17(12)21-22-18(13)14;1-2/h1-10,19-20,22H;2H. The van der Waals surface area contributed by atoms with Gasteiger partial charge in [-0.2, -0.15) is 0 Å². The van der Waals surface area contributed by atoms with E-state index >= 15 is 0 Å². The molecule has 4 nitrogen and oxygen atoms in total. The highest BCUT2D eigenvalue weighted by Crippen LogP contribution is 2.43. The van der Waals surface area contributed by atoms with Crippen molar-refractivity contribution in [3.05, 3.63) is 60.7 Å².